The predicted octanol–water partition coefficient (Wildman–Crippen LogP) is 1.15. The van der Waals surface area contributed by atoms with Gasteiger partial charge in [0.15, 0.2) is 0 Å². The van der Waals surface area contributed by atoms with E-state index in [0.29, 0.717) is 0 Å². The summed E-state index contributed by atoms with van der Waals surface area (Å²) in [6.07, 6.45) is 0. The molecule has 0 radical (unpaired) electrons. The average molecular weight is 265 g/mol. The van der Waals surface area contributed by atoms with Gasteiger partial charge in [0.1, 0.15) is 5.37 Å². The zero-order valence-corrected chi connectivity index (χ0v) is 12.0. The molecule has 0 spiro atoms. The zero-order chi connectivity index (χ0) is 13.1. The van der Waals surface area contributed by atoms with Gasteiger partial charge in [0.2, 0.25) is 5.91 Å². The van der Waals surface area contributed by atoms with Crippen molar-refractivity contribution in [3.8, 4) is 0 Å². The van der Waals surface area contributed by atoms with Crippen molar-refractivity contribution in [3.05, 3.63) is 35.4 Å². The van der Waals surface area contributed by atoms with Gasteiger partial charge in [-0.3, -0.25) is 4.79 Å². The number of rotatable bonds is 4. The van der Waals surface area contributed by atoms with Gasteiger partial charge in [-0.15, -0.1) is 11.8 Å². The van der Waals surface area contributed by atoms with E-state index >= 15 is 0 Å². The predicted molar refractivity (Wildman–Crippen MR) is 75.4 cm³/mol. The molecule has 1 amide bonds. The smallest absolute Gasteiger partial charge is 0.236 e. The summed E-state index contributed by atoms with van der Waals surface area (Å²) in [4.78, 5) is 14.2. The van der Waals surface area contributed by atoms with Crippen LogP contribution >= 0.6 is 11.8 Å². The highest BCUT2D eigenvalue weighted by atomic mass is 32.2. The molecule has 1 aliphatic rings. The minimum Gasteiger partial charge on any atom is -0.347 e. The van der Waals surface area contributed by atoms with E-state index < -0.39 is 0 Å². The molecule has 1 aromatic carbocycles. The lowest BCUT2D eigenvalue weighted by Gasteiger charge is -2.23. The first-order valence-electron chi connectivity index (χ1n) is 6.44. The number of carbonyl (C=O) groups excluding carboxylic acids is 1. The molecule has 2 N–H and O–H groups in total. The molecular weight excluding hydrogens is 244 g/mol. The molecule has 1 aromatic rings. The number of benzene rings is 1. The minimum absolute atomic E-state index is 0.0763. The number of hydrogen-bond acceptors (Lipinski definition) is 2. The molecule has 3 nitrogen and oxygen atoms in total. The molecule has 0 saturated carbocycles. The summed E-state index contributed by atoms with van der Waals surface area (Å²) in [6, 6.07) is 8.48. The molecule has 0 aliphatic carbocycles. The van der Waals surface area contributed by atoms with Crippen molar-refractivity contribution in [2.24, 2.45) is 0 Å². The molecule has 1 saturated heterocycles. The largest absolute Gasteiger partial charge is 0.347 e. The van der Waals surface area contributed by atoms with Gasteiger partial charge in [0, 0.05) is 0 Å². The van der Waals surface area contributed by atoms with Gasteiger partial charge >= 0.3 is 0 Å². The van der Waals surface area contributed by atoms with Gasteiger partial charge in [-0.25, -0.2) is 0 Å². The summed E-state index contributed by atoms with van der Waals surface area (Å²) in [7, 11) is 2.04. The van der Waals surface area contributed by atoms with Crippen LogP contribution in [-0.4, -0.2) is 36.2 Å². The Kier molecular flexibility index (Phi) is 4.30. The van der Waals surface area contributed by atoms with Crippen molar-refractivity contribution in [1.82, 2.24) is 4.90 Å². The second-order valence-electron chi connectivity index (χ2n) is 4.77. The van der Waals surface area contributed by atoms with Crippen molar-refractivity contribution in [3.63, 3.8) is 0 Å². The van der Waals surface area contributed by atoms with Crippen LogP contribution in [-0.2, 0) is 4.79 Å². The molecule has 18 heavy (non-hydrogen) atoms. The topological polar surface area (TPSA) is 36.9 Å². The summed E-state index contributed by atoms with van der Waals surface area (Å²) in [5, 5.41) is 2.38. The highest BCUT2D eigenvalue weighted by molar-refractivity contribution is 8.01. The summed E-state index contributed by atoms with van der Waals surface area (Å²) >= 11 is 1.76. The second-order valence-corrected chi connectivity index (χ2v) is 6.20. The molecule has 0 unspecified atom stereocenters. The Morgan fingerprint density at radius 2 is 2.22 bits per heavy atom. The third-order valence-electron chi connectivity index (χ3n) is 3.23. The van der Waals surface area contributed by atoms with Gasteiger partial charge in [-0.05, 0) is 19.4 Å². The molecular formula is C14H21N2OS+. The van der Waals surface area contributed by atoms with E-state index in [0.717, 1.165) is 13.1 Å². The number of nitrogens with two attached hydrogens (primary N) is 1. The van der Waals surface area contributed by atoms with E-state index in [4.69, 9.17) is 0 Å². The Labute approximate surface area is 113 Å². The number of aryl methyl sites for hydroxylation is 1. The average Bonchev–Trinajstić information content (AvgIpc) is 2.64. The Morgan fingerprint density at radius 1 is 1.44 bits per heavy atom. The Hall–Kier alpha value is -1.00. The summed E-state index contributed by atoms with van der Waals surface area (Å²) < 4.78 is 0. The maximum Gasteiger partial charge on any atom is 0.236 e. The third-order valence-corrected chi connectivity index (χ3v) is 4.63. The monoisotopic (exact) mass is 265 g/mol. The van der Waals surface area contributed by atoms with E-state index in [1.807, 2.05) is 18.9 Å². The molecule has 98 valence electrons. The lowest BCUT2D eigenvalue weighted by atomic mass is 10.1. The quantitative estimate of drug-likeness (QED) is 0.887. The van der Waals surface area contributed by atoms with Crippen LogP contribution in [0.4, 0.5) is 0 Å². The highest BCUT2D eigenvalue weighted by Crippen LogP contribution is 2.42. The molecule has 1 heterocycles. The maximum absolute atomic E-state index is 12.2. The van der Waals surface area contributed by atoms with Gasteiger partial charge in [0.05, 0.1) is 25.4 Å². The molecule has 2 atom stereocenters. The summed E-state index contributed by atoms with van der Waals surface area (Å²) in [6.45, 7) is 5.89. The summed E-state index contributed by atoms with van der Waals surface area (Å²) in [5.74, 6) is 0.272. The standard InChI is InChI=1S/C14H20N2OS/c1-10-5-4-6-12(9-10)14-16(8-7-15-3)13(17)11(2)18-14/h4-6,9,11,14-15H,7-8H2,1-3H3/p+1/t11-,14-/m1/s1. The van der Waals surface area contributed by atoms with Crippen molar-refractivity contribution in [2.45, 2.75) is 24.5 Å². The third kappa shape index (κ3) is 2.70. The van der Waals surface area contributed by atoms with Crippen molar-refractivity contribution in [1.29, 1.82) is 0 Å². The van der Waals surface area contributed by atoms with Crippen LogP contribution in [0.15, 0.2) is 24.3 Å². The van der Waals surface area contributed by atoms with Crippen LogP contribution in [0.1, 0.15) is 23.4 Å². The summed E-state index contributed by atoms with van der Waals surface area (Å²) in [5.41, 5.74) is 2.50. The van der Waals surface area contributed by atoms with E-state index in [1.165, 1.54) is 11.1 Å². The van der Waals surface area contributed by atoms with Crippen LogP contribution in [0.2, 0.25) is 0 Å². The van der Waals surface area contributed by atoms with Crippen molar-refractivity contribution in [2.75, 3.05) is 20.1 Å². The lowest BCUT2D eigenvalue weighted by Crippen LogP contribution is -2.81. The molecule has 4 heteroatoms. The van der Waals surface area contributed by atoms with E-state index in [-0.39, 0.29) is 16.5 Å². The van der Waals surface area contributed by atoms with Crippen LogP contribution in [0.25, 0.3) is 0 Å². The number of nitrogens with zero attached hydrogens (tertiary/aromatic N) is 1. The number of likely N-dealkylation sites (N-methyl/N-ethyl adjacent to an activating group) is 1. The second kappa shape index (κ2) is 5.76. The highest BCUT2D eigenvalue weighted by Gasteiger charge is 2.38. The minimum atomic E-state index is 0.0763. The van der Waals surface area contributed by atoms with E-state index in [1.54, 1.807) is 11.8 Å². The molecule has 1 aliphatic heterocycles. The number of amides is 1. The fraction of sp³-hybridized carbons (Fsp3) is 0.500. The van der Waals surface area contributed by atoms with E-state index in [9.17, 15) is 4.79 Å². The molecule has 2 rings (SSSR count). The number of quaternary nitrogens is 1. The fourth-order valence-electron chi connectivity index (χ4n) is 2.25. The van der Waals surface area contributed by atoms with Crippen LogP contribution in [0.5, 0.6) is 0 Å². The fourth-order valence-corrected chi connectivity index (χ4v) is 3.55. The first kappa shape index (κ1) is 13.4. The first-order valence-corrected chi connectivity index (χ1v) is 7.38. The van der Waals surface area contributed by atoms with Gasteiger partial charge in [0.25, 0.3) is 0 Å². The van der Waals surface area contributed by atoms with Crippen molar-refractivity contribution < 1.29 is 10.1 Å². The van der Waals surface area contributed by atoms with E-state index in [2.05, 4.69) is 36.5 Å². The van der Waals surface area contributed by atoms with Gasteiger partial charge in [-0.1, -0.05) is 29.8 Å². The maximum atomic E-state index is 12.2. The number of hydrogen-bond donors (Lipinski definition) is 1. The molecule has 0 bridgehead atoms. The van der Waals surface area contributed by atoms with Gasteiger partial charge < -0.3 is 10.2 Å². The lowest BCUT2D eigenvalue weighted by molar-refractivity contribution is -0.626. The first-order chi connectivity index (χ1) is 8.63. The van der Waals surface area contributed by atoms with Crippen molar-refractivity contribution >= 4 is 17.7 Å². The number of thioether (sulfide) groups is 1. The molecule has 1 fully saturated rings. The van der Waals surface area contributed by atoms with Crippen LogP contribution in [0, 0.1) is 6.92 Å². The van der Waals surface area contributed by atoms with Crippen LogP contribution < -0.4 is 5.32 Å². The number of carbonyl (C=O) groups is 1. The normalized spacial score (nSPS) is 23.7. The Balaban J connectivity index is 2.22. The SMILES string of the molecule is C[NH2+]CCN1C(=O)[C@@H](C)S[C@@H]1c1cccc(C)c1. The molecule has 0 aromatic heterocycles. The van der Waals surface area contributed by atoms with Gasteiger partial charge in [-0.2, -0.15) is 0 Å². The Bertz CT molecular complexity index is 436. The Morgan fingerprint density at radius 3 is 2.89 bits per heavy atom. The van der Waals surface area contributed by atoms with Crippen LogP contribution in [0.3, 0.4) is 0 Å². The zero-order valence-electron chi connectivity index (χ0n) is 11.2.